The number of sulfonamides is 1. The number of carbonyl (C=O) groups is 1. The normalized spacial score (nSPS) is 11.6. The van der Waals surface area contributed by atoms with Gasteiger partial charge in [-0.25, -0.2) is 13.8 Å². The van der Waals surface area contributed by atoms with Gasteiger partial charge in [0.2, 0.25) is 0 Å². The molecule has 0 unspecified atom stereocenters. The van der Waals surface area contributed by atoms with Crippen LogP contribution in [0.4, 0.5) is 11.4 Å². The number of hydrogen-bond donors (Lipinski definition) is 1. The molecule has 33 heavy (non-hydrogen) atoms. The van der Waals surface area contributed by atoms with Crippen LogP contribution in [0.1, 0.15) is 12.5 Å². The third-order valence-electron chi connectivity index (χ3n) is 4.54. The second kappa shape index (κ2) is 10.2. The standard InChI is InChI=1S/C22H19ClN4O5S/c1-16(17-7-5-10-20(13-17)27(29)30)24-25-22(28)15-26(19-9-6-8-18(23)14-19)33(31,32)21-11-3-2-4-12-21/h2-14H,15H2,1H3,(H,25,28)/b24-16-. The lowest BCUT2D eigenvalue weighted by atomic mass is 10.1. The van der Waals surface area contributed by atoms with E-state index in [1.165, 1.54) is 42.5 Å². The van der Waals surface area contributed by atoms with E-state index in [9.17, 15) is 23.3 Å². The van der Waals surface area contributed by atoms with Crippen molar-refractivity contribution in [2.45, 2.75) is 11.8 Å². The van der Waals surface area contributed by atoms with Crippen molar-refractivity contribution in [3.63, 3.8) is 0 Å². The average Bonchev–Trinajstić information content (AvgIpc) is 2.81. The molecule has 0 spiro atoms. The highest BCUT2D eigenvalue weighted by Gasteiger charge is 2.27. The Morgan fingerprint density at radius 3 is 2.42 bits per heavy atom. The summed E-state index contributed by atoms with van der Waals surface area (Å²) in [6.07, 6.45) is 0. The number of nitrogens with one attached hydrogen (secondary N) is 1. The monoisotopic (exact) mass is 486 g/mol. The fraction of sp³-hybridized carbons (Fsp3) is 0.0909. The Hall–Kier alpha value is -3.76. The Labute approximate surface area is 195 Å². The van der Waals surface area contributed by atoms with Gasteiger partial charge in [0.15, 0.2) is 0 Å². The maximum atomic E-state index is 13.2. The number of carbonyl (C=O) groups excluding carboxylic acids is 1. The molecule has 0 radical (unpaired) electrons. The highest BCUT2D eigenvalue weighted by molar-refractivity contribution is 7.92. The van der Waals surface area contributed by atoms with Crippen molar-refractivity contribution in [2.75, 3.05) is 10.8 Å². The molecule has 0 aliphatic carbocycles. The first-order valence-electron chi connectivity index (χ1n) is 9.60. The van der Waals surface area contributed by atoms with E-state index in [1.54, 1.807) is 43.3 Å². The maximum Gasteiger partial charge on any atom is 0.270 e. The smallest absolute Gasteiger partial charge is 0.270 e. The zero-order valence-electron chi connectivity index (χ0n) is 17.4. The summed E-state index contributed by atoms with van der Waals surface area (Å²) in [7, 11) is -4.08. The van der Waals surface area contributed by atoms with E-state index in [0.717, 1.165) is 4.31 Å². The van der Waals surface area contributed by atoms with Gasteiger partial charge in [0.25, 0.3) is 21.6 Å². The predicted molar refractivity (Wildman–Crippen MR) is 126 cm³/mol. The Morgan fingerprint density at radius 2 is 1.76 bits per heavy atom. The summed E-state index contributed by atoms with van der Waals surface area (Å²) in [5, 5.41) is 15.2. The quantitative estimate of drug-likeness (QED) is 0.293. The van der Waals surface area contributed by atoms with Gasteiger partial charge >= 0.3 is 0 Å². The fourth-order valence-electron chi connectivity index (χ4n) is 2.89. The summed E-state index contributed by atoms with van der Waals surface area (Å²) in [5.74, 6) is -0.709. The molecule has 0 atom stereocenters. The van der Waals surface area contributed by atoms with E-state index in [0.29, 0.717) is 16.3 Å². The summed E-state index contributed by atoms with van der Waals surface area (Å²) in [6, 6.07) is 19.6. The molecule has 9 nitrogen and oxygen atoms in total. The van der Waals surface area contributed by atoms with Crippen LogP contribution in [0.2, 0.25) is 5.02 Å². The molecule has 0 aromatic heterocycles. The Kier molecular flexibility index (Phi) is 7.41. The third kappa shape index (κ3) is 5.93. The van der Waals surface area contributed by atoms with E-state index < -0.39 is 27.4 Å². The minimum Gasteiger partial charge on any atom is -0.271 e. The lowest BCUT2D eigenvalue weighted by molar-refractivity contribution is -0.384. The molecule has 3 aromatic carbocycles. The molecule has 0 aliphatic rings. The van der Waals surface area contributed by atoms with Crippen LogP contribution in [0.25, 0.3) is 0 Å². The molecule has 0 saturated heterocycles. The van der Waals surface area contributed by atoms with Crippen LogP contribution in [0.3, 0.4) is 0 Å². The molecule has 1 N–H and O–H groups in total. The molecule has 3 aromatic rings. The van der Waals surface area contributed by atoms with Crippen molar-refractivity contribution < 1.29 is 18.1 Å². The number of benzene rings is 3. The van der Waals surface area contributed by atoms with Crippen LogP contribution < -0.4 is 9.73 Å². The number of amides is 1. The highest BCUT2D eigenvalue weighted by Crippen LogP contribution is 2.26. The number of non-ortho nitro benzene ring substituents is 1. The Morgan fingerprint density at radius 1 is 1.06 bits per heavy atom. The maximum absolute atomic E-state index is 13.2. The van der Waals surface area contributed by atoms with E-state index in [1.807, 2.05) is 0 Å². The number of halogens is 1. The number of hydrazone groups is 1. The van der Waals surface area contributed by atoms with Crippen LogP contribution >= 0.6 is 11.6 Å². The van der Waals surface area contributed by atoms with Gasteiger partial charge in [-0.3, -0.25) is 19.2 Å². The fourth-order valence-corrected chi connectivity index (χ4v) is 4.51. The van der Waals surface area contributed by atoms with Crippen molar-refractivity contribution in [1.29, 1.82) is 0 Å². The summed E-state index contributed by atoms with van der Waals surface area (Å²) in [5.41, 5.74) is 3.15. The average molecular weight is 487 g/mol. The van der Waals surface area contributed by atoms with Gasteiger partial charge in [-0.1, -0.05) is 48.0 Å². The molecule has 0 aliphatic heterocycles. The van der Waals surface area contributed by atoms with Crippen LogP contribution in [0.5, 0.6) is 0 Å². The van der Waals surface area contributed by atoms with Crippen LogP contribution in [-0.2, 0) is 14.8 Å². The van der Waals surface area contributed by atoms with Gasteiger partial charge < -0.3 is 0 Å². The van der Waals surface area contributed by atoms with Gasteiger partial charge in [-0.2, -0.15) is 5.10 Å². The topological polar surface area (TPSA) is 122 Å². The largest absolute Gasteiger partial charge is 0.271 e. The van der Waals surface area contributed by atoms with E-state index in [2.05, 4.69) is 10.5 Å². The van der Waals surface area contributed by atoms with Gasteiger partial charge in [-0.05, 0) is 37.3 Å². The van der Waals surface area contributed by atoms with Crippen molar-refractivity contribution in [3.8, 4) is 0 Å². The highest BCUT2D eigenvalue weighted by atomic mass is 35.5. The molecular formula is C22H19ClN4O5S. The first-order chi connectivity index (χ1) is 15.7. The summed E-state index contributed by atoms with van der Waals surface area (Å²) in [6.45, 7) is 0.998. The zero-order valence-corrected chi connectivity index (χ0v) is 19.0. The lowest BCUT2D eigenvalue weighted by Crippen LogP contribution is -2.39. The van der Waals surface area contributed by atoms with Crippen molar-refractivity contribution in [3.05, 3.63) is 99.6 Å². The second-order valence-corrected chi connectivity index (χ2v) is 9.14. The summed E-state index contributed by atoms with van der Waals surface area (Å²) in [4.78, 5) is 23.1. The molecule has 170 valence electrons. The molecule has 0 bridgehead atoms. The molecule has 0 fully saturated rings. The van der Waals surface area contributed by atoms with Gasteiger partial charge in [0.1, 0.15) is 6.54 Å². The number of hydrogen-bond acceptors (Lipinski definition) is 6. The van der Waals surface area contributed by atoms with Crippen LogP contribution in [-0.4, -0.2) is 31.5 Å². The molecule has 3 rings (SSSR count). The Bertz CT molecular complexity index is 1310. The number of anilines is 1. The first-order valence-corrected chi connectivity index (χ1v) is 11.4. The van der Waals surface area contributed by atoms with E-state index in [-0.39, 0.29) is 16.3 Å². The number of nitro groups is 1. The minimum absolute atomic E-state index is 0.00838. The number of nitrogens with zero attached hydrogens (tertiary/aromatic N) is 3. The molecular weight excluding hydrogens is 468 g/mol. The first kappa shape index (κ1) is 23.9. The third-order valence-corrected chi connectivity index (χ3v) is 6.56. The lowest BCUT2D eigenvalue weighted by Gasteiger charge is -2.23. The van der Waals surface area contributed by atoms with Crippen molar-refractivity contribution in [1.82, 2.24) is 5.43 Å². The zero-order chi connectivity index (χ0) is 24.0. The number of nitro benzene ring substituents is 1. The minimum atomic E-state index is -4.08. The number of rotatable bonds is 8. The van der Waals surface area contributed by atoms with Crippen molar-refractivity contribution in [2.24, 2.45) is 5.10 Å². The second-order valence-electron chi connectivity index (χ2n) is 6.84. The van der Waals surface area contributed by atoms with Crippen LogP contribution in [0.15, 0.2) is 88.9 Å². The molecule has 0 heterocycles. The van der Waals surface area contributed by atoms with Gasteiger partial charge in [0.05, 0.1) is 21.2 Å². The Balaban J connectivity index is 1.86. The van der Waals surface area contributed by atoms with E-state index in [4.69, 9.17) is 11.6 Å². The van der Waals surface area contributed by atoms with Gasteiger partial charge in [-0.15, -0.1) is 0 Å². The molecule has 0 saturated carbocycles. The van der Waals surface area contributed by atoms with E-state index >= 15 is 0 Å². The van der Waals surface area contributed by atoms with Gasteiger partial charge in [0, 0.05) is 22.7 Å². The molecule has 11 heteroatoms. The molecule has 1 amide bonds. The SMILES string of the molecule is C/C(=N/NC(=O)CN(c1cccc(Cl)c1)S(=O)(=O)c1ccccc1)c1cccc([N+](=O)[O-])c1. The predicted octanol–water partition coefficient (Wildman–Crippen LogP) is 3.98. The summed E-state index contributed by atoms with van der Waals surface area (Å²) >= 11 is 6.04. The van der Waals surface area contributed by atoms with Crippen molar-refractivity contribution >= 4 is 44.6 Å². The summed E-state index contributed by atoms with van der Waals surface area (Å²) < 4.78 is 27.4. The van der Waals surface area contributed by atoms with Crippen LogP contribution in [0, 0.1) is 10.1 Å².